The second-order valence-electron chi connectivity index (χ2n) is 3.35. The Hall–Kier alpha value is -1.74. The molecule has 0 unspecified atom stereocenters. The van der Waals surface area contributed by atoms with Crippen molar-refractivity contribution in [2.75, 3.05) is 7.11 Å². The highest BCUT2D eigenvalue weighted by Gasteiger charge is 1.92. The molecule has 2 aromatic rings. The minimum absolute atomic E-state index is 0.878. The van der Waals surface area contributed by atoms with E-state index >= 15 is 0 Å². The van der Waals surface area contributed by atoms with E-state index < -0.39 is 0 Å². The number of hydrogen-bond acceptors (Lipinski definition) is 3. The Kier molecular flexibility index (Phi) is 4.22. The zero-order valence-electron chi connectivity index (χ0n) is 9.54. The third-order valence-electron chi connectivity index (χ3n) is 2.19. The van der Waals surface area contributed by atoms with Gasteiger partial charge in [0, 0.05) is 11.1 Å². The fourth-order valence-corrected chi connectivity index (χ4v) is 1.97. The molecule has 0 radical (unpaired) electrons. The summed E-state index contributed by atoms with van der Waals surface area (Å²) in [5.74, 6) is 0.878. The van der Waals surface area contributed by atoms with E-state index in [2.05, 4.69) is 4.98 Å². The van der Waals surface area contributed by atoms with Crippen LogP contribution in [0.3, 0.4) is 0 Å². The number of methoxy groups -OCH3 is 1. The van der Waals surface area contributed by atoms with Crippen molar-refractivity contribution in [3.8, 4) is 5.75 Å². The zero-order chi connectivity index (χ0) is 11.9. The summed E-state index contributed by atoms with van der Waals surface area (Å²) >= 11 is 1.66. The highest BCUT2D eigenvalue weighted by Crippen LogP contribution is 2.22. The standard InChI is InChI=1S/C14H13NOS/c1-16-13-5-7-14(8-6-13)17-11-9-12-4-2-3-10-15-12/h2-11H,1H3/b11-9+. The van der Waals surface area contributed by atoms with Gasteiger partial charge < -0.3 is 4.74 Å². The molecule has 2 rings (SSSR count). The van der Waals surface area contributed by atoms with Gasteiger partial charge in [-0.25, -0.2) is 0 Å². The average molecular weight is 243 g/mol. The lowest BCUT2D eigenvalue weighted by Gasteiger charge is -2.00. The van der Waals surface area contributed by atoms with Gasteiger partial charge in [-0.2, -0.15) is 0 Å². The lowest BCUT2D eigenvalue weighted by atomic mass is 10.3. The molecule has 2 nitrogen and oxygen atoms in total. The number of benzene rings is 1. The normalized spacial score (nSPS) is 10.6. The number of pyridine rings is 1. The van der Waals surface area contributed by atoms with Crippen molar-refractivity contribution >= 4 is 17.8 Å². The molecule has 86 valence electrons. The minimum atomic E-state index is 0.878. The molecule has 0 atom stereocenters. The van der Waals surface area contributed by atoms with Crippen LogP contribution in [0.1, 0.15) is 5.69 Å². The van der Waals surface area contributed by atoms with Crippen LogP contribution in [-0.2, 0) is 0 Å². The number of hydrogen-bond donors (Lipinski definition) is 0. The van der Waals surface area contributed by atoms with Crippen molar-refractivity contribution in [3.05, 3.63) is 59.8 Å². The van der Waals surface area contributed by atoms with Gasteiger partial charge in [-0.15, -0.1) is 0 Å². The van der Waals surface area contributed by atoms with Crippen molar-refractivity contribution in [1.29, 1.82) is 0 Å². The van der Waals surface area contributed by atoms with Crippen LogP contribution in [0, 0.1) is 0 Å². The summed E-state index contributed by atoms with van der Waals surface area (Å²) < 4.78 is 5.11. The SMILES string of the molecule is COc1ccc(S/C=C/c2ccccn2)cc1. The van der Waals surface area contributed by atoms with Crippen LogP contribution in [0.5, 0.6) is 5.75 Å². The van der Waals surface area contributed by atoms with Gasteiger partial charge in [0.25, 0.3) is 0 Å². The Morgan fingerprint density at radius 2 is 1.94 bits per heavy atom. The molecule has 1 heterocycles. The minimum Gasteiger partial charge on any atom is -0.497 e. The molecule has 3 heteroatoms. The molecule has 0 saturated carbocycles. The monoisotopic (exact) mass is 243 g/mol. The maximum absolute atomic E-state index is 5.11. The van der Waals surface area contributed by atoms with E-state index in [9.17, 15) is 0 Å². The molecule has 0 N–H and O–H groups in total. The third-order valence-corrected chi connectivity index (χ3v) is 3.01. The van der Waals surface area contributed by atoms with Gasteiger partial charge in [0.15, 0.2) is 0 Å². The fraction of sp³-hybridized carbons (Fsp3) is 0.0714. The van der Waals surface area contributed by atoms with Crippen LogP contribution in [0.15, 0.2) is 59.0 Å². The van der Waals surface area contributed by atoms with Gasteiger partial charge in [-0.1, -0.05) is 17.8 Å². The maximum Gasteiger partial charge on any atom is 0.118 e. The van der Waals surface area contributed by atoms with Crippen molar-refractivity contribution in [1.82, 2.24) is 4.98 Å². The molecule has 0 saturated heterocycles. The molecular weight excluding hydrogens is 230 g/mol. The van der Waals surface area contributed by atoms with Crippen LogP contribution < -0.4 is 4.74 Å². The van der Waals surface area contributed by atoms with Gasteiger partial charge >= 0.3 is 0 Å². The van der Waals surface area contributed by atoms with Gasteiger partial charge in [-0.05, 0) is 47.9 Å². The molecule has 0 spiro atoms. The Bertz CT molecular complexity index is 479. The quantitative estimate of drug-likeness (QED) is 0.761. The molecule has 1 aromatic carbocycles. The first-order chi connectivity index (χ1) is 8.38. The summed E-state index contributed by atoms with van der Waals surface area (Å²) in [5.41, 5.74) is 0.966. The number of ether oxygens (including phenoxy) is 1. The van der Waals surface area contributed by atoms with Gasteiger partial charge in [0.2, 0.25) is 0 Å². The van der Waals surface area contributed by atoms with E-state index in [1.54, 1.807) is 25.1 Å². The van der Waals surface area contributed by atoms with Crippen molar-refractivity contribution in [3.63, 3.8) is 0 Å². The lowest BCUT2D eigenvalue weighted by molar-refractivity contribution is 0.414. The van der Waals surface area contributed by atoms with Crippen molar-refractivity contribution in [2.24, 2.45) is 0 Å². The Morgan fingerprint density at radius 1 is 1.12 bits per heavy atom. The second kappa shape index (κ2) is 6.11. The molecule has 17 heavy (non-hydrogen) atoms. The van der Waals surface area contributed by atoms with E-state index in [0.29, 0.717) is 0 Å². The lowest BCUT2D eigenvalue weighted by Crippen LogP contribution is -1.80. The highest BCUT2D eigenvalue weighted by molar-refractivity contribution is 8.02. The summed E-state index contributed by atoms with van der Waals surface area (Å²) in [4.78, 5) is 5.40. The third kappa shape index (κ3) is 3.64. The van der Waals surface area contributed by atoms with E-state index in [4.69, 9.17) is 4.74 Å². The Morgan fingerprint density at radius 3 is 2.59 bits per heavy atom. The summed E-state index contributed by atoms with van der Waals surface area (Å²) in [7, 11) is 1.67. The maximum atomic E-state index is 5.11. The largest absolute Gasteiger partial charge is 0.497 e. The summed E-state index contributed by atoms with van der Waals surface area (Å²) in [6, 6.07) is 13.8. The number of thioether (sulfide) groups is 1. The molecular formula is C14H13NOS. The molecule has 0 bridgehead atoms. The second-order valence-corrected chi connectivity index (χ2v) is 4.33. The van der Waals surface area contributed by atoms with Crippen molar-refractivity contribution in [2.45, 2.75) is 4.90 Å². The smallest absolute Gasteiger partial charge is 0.118 e. The first-order valence-electron chi connectivity index (χ1n) is 5.27. The molecule has 1 aromatic heterocycles. The fourth-order valence-electron chi connectivity index (χ4n) is 1.31. The summed E-state index contributed by atoms with van der Waals surface area (Å²) in [5, 5.41) is 2.03. The zero-order valence-corrected chi connectivity index (χ0v) is 10.4. The molecule has 0 aliphatic heterocycles. The van der Waals surface area contributed by atoms with E-state index in [-0.39, 0.29) is 0 Å². The molecule has 0 aliphatic carbocycles. The van der Waals surface area contributed by atoms with Crippen LogP contribution in [0.2, 0.25) is 0 Å². The highest BCUT2D eigenvalue weighted by atomic mass is 32.2. The van der Waals surface area contributed by atoms with Crippen molar-refractivity contribution < 1.29 is 4.74 Å². The molecule has 0 fully saturated rings. The Labute approximate surface area is 105 Å². The first-order valence-corrected chi connectivity index (χ1v) is 6.15. The predicted molar refractivity (Wildman–Crippen MR) is 72.1 cm³/mol. The number of aromatic nitrogens is 1. The van der Waals surface area contributed by atoms with Gasteiger partial charge in [0.05, 0.1) is 12.8 Å². The van der Waals surface area contributed by atoms with E-state index in [1.807, 2.05) is 53.9 Å². The van der Waals surface area contributed by atoms with Crippen LogP contribution in [-0.4, -0.2) is 12.1 Å². The Balaban J connectivity index is 1.95. The van der Waals surface area contributed by atoms with E-state index in [0.717, 1.165) is 11.4 Å². The van der Waals surface area contributed by atoms with Crippen LogP contribution in [0.4, 0.5) is 0 Å². The summed E-state index contributed by atoms with van der Waals surface area (Å²) in [6.45, 7) is 0. The molecule has 0 aliphatic rings. The topological polar surface area (TPSA) is 22.1 Å². The number of nitrogens with zero attached hydrogens (tertiary/aromatic N) is 1. The van der Waals surface area contributed by atoms with Crippen LogP contribution >= 0.6 is 11.8 Å². The first kappa shape index (κ1) is 11.7. The summed E-state index contributed by atoms with van der Waals surface area (Å²) in [6.07, 6.45) is 3.78. The van der Waals surface area contributed by atoms with Gasteiger partial charge in [-0.3, -0.25) is 4.98 Å². The van der Waals surface area contributed by atoms with Gasteiger partial charge in [0.1, 0.15) is 5.75 Å². The predicted octanol–water partition coefficient (Wildman–Crippen LogP) is 3.85. The average Bonchev–Trinajstić information content (AvgIpc) is 2.41. The van der Waals surface area contributed by atoms with E-state index in [1.165, 1.54) is 4.90 Å². The van der Waals surface area contributed by atoms with Crippen LogP contribution in [0.25, 0.3) is 6.08 Å². The number of rotatable bonds is 4. The molecule has 0 amide bonds.